The molecule has 0 aromatic carbocycles. The Balaban J connectivity index is 2.48. The van der Waals surface area contributed by atoms with Crippen molar-refractivity contribution in [3.63, 3.8) is 0 Å². The van der Waals surface area contributed by atoms with Gasteiger partial charge in [-0.1, -0.05) is 13.3 Å². The highest BCUT2D eigenvalue weighted by Crippen LogP contribution is 2.20. The highest BCUT2D eigenvalue weighted by Gasteiger charge is 2.32. The Hall–Kier alpha value is -0.660. The van der Waals surface area contributed by atoms with Gasteiger partial charge < -0.3 is 5.32 Å². The molecular weight excluding hydrogens is 278 g/mol. The molecule has 7 heteroatoms. The van der Waals surface area contributed by atoms with Gasteiger partial charge in [0.1, 0.15) is 0 Å². The van der Waals surface area contributed by atoms with Crippen LogP contribution in [0.25, 0.3) is 0 Å². The molecule has 0 unspecified atom stereocenters. The number of nitrogens with zero attached hydrogens (tertiary/aromatic N) is 2. The average molecular weight is 305 g/mol. The van der Waals surface area contributed by atoms with Crippen molar-refractivity contribution < 1.29 is 13.2 Å². The van der Waals surface area contributed by atoms with Crippen LogP contribution < -0.4 is 5.32 Å². The van der Waals surface area contributed by atoms with Gasteiger partial charge in [-0.3, -0.25) is 4.79 Å². The van der Waals surface area contributed by atoms with Gasteiger partial charge in [0.15, 0.2) is 0 Å². The van der Waals surface area contributed by atoms with Crippen LogP contribution in [0.4, 0.5) is 0 Å². The van der Waals surface area contributed by atoms with Gasteiger partial charge in [0.05, 0.1) is 0 Å². The Morgan fingerprint density at radius 2 is 1.90 bits per heavy atom. The number of piperidine rings is 1. The second-order valence-corrected chi connectivity index (χ2v) is 7.80. The van der Waals surface area contributed by atoms with Crippen molar-refractivity contribution in [3.8, 4) is 0 Å². The van der Waals surface area contributed by atoms with Crippen LogP contribution in [0.3, 0.4) is 0 Å². The maximum atomic E-state index is 12.1. The van der Waals surface area contributed by atoms with Crippen molar-refractivity contribution in [2.75, 3.05) is 27.2 Å². The summed E-state index contributed by atoms with van der Waals surface area (Å²) in [5.41, 5.74) is 0. The molecule has 1 aliphatic heterocycles. The van der Waals surface area contributed by atoms with Crippen molar-refractivity contribution in [1.82, 2.24) is 13.9 Å². The molecule has 1 N–H and O–H groups in total. The maximum Gasteiger partial charge on any atom is 0.281 e. The smallest absolute Gasteiger partial charge is 0.281 e. The van der Waals surface area contributed by atoms with Crippen LogP contribution >= 0.6 is 0 Å². The number of hydrogen-bond donors (Lipinski definition) is 1. The summed E-state index contributed by atoms with van der Waals surface area (Å²) in [7, 11) is -0.289. The second kappa shape index (κ2) is 7.38. The van der Waals surface area contributed by atoms with Gasteiger partial charge in [-0.2, -0.15) is 17.0 Å². The van der Waals surface area contributed by atoms with Crippen LogP contribution in [0.15, 0.2) is 0 Å². The largest absolute Gasteiger partial charge is 0.353 e. The molecule has 0 saturated carbocycles. The molecule has 0 aliphatic carbocycles. The molecule has 0 spiro atoms. The molecule has 1 saturated heterocycles. The third-order valence-electron chi connectivity index (χ3n) is 3.72. The molecule has 0 aromatic rings. The number of carbonyl (C=O) groups excluding carboxylic acids is 1. The summed E-state index contributed by atoms with van der Waals surface area (Å²) in [5.74, 6) is -0.00392. The zero-order valence-corrected chi connectivity index (χ0v) is 13.7. The first-order valence-corrected chi connectivity index (χ1v) is 8.66. The monoisotopic (exact) mass is 305 g/mol. The highest BCUT2D eigenvalue weighted by atomic mass is 32.2. The minimum Gasteiger partial charge on any atom is -0.353 e. The fraction of sp³-hybridized carbons (Fsp3) is 0.923. The SMILES string of the molecule is CCC[C@H](C)NC(=O)C1CCN(S(=O)(=O)N(C)C)CC1. The van der Waals surface area contributed by atoms with Gasteiger partial charge in [0.2, 0.25) is 5.91 Å². The molecule has 6 nitrogen and oxygen atoms in total. The summed E-state index contributed by atoms with van der Waals surface area (Å²) in [6.45, 7) is 4.93. The molecule has 1 heterocycles. The molecule has 1 rings (SSSR count). The Morgan fingerprint density at radius 3 is 2.35 bits per heavy atom. The van der Waals surface area contributed by atoms with E-state index in [4.69, 9.17) is 0 Å². The maximum absolute atomic E-state index is 12.1. The van der Waals surface area contributed by atoms with E-state index in [1.165, 1.54) is 22.7 Å². The average Bonchev–Trinajstić information content (AvgIpc) is 2.38. The van der Waals surface area contributed by atoms with Gasteiger partial charge in [0.25, 0.3) is 10.2 Å². The van der Waals surface area contributed by atoms with E-state index in [9.17, 15) is 13.2 Å². The molecule has 0 aromatic heterocycles. The zero-order valence-electron chi connectivity index (χ0n) is 12.9. The summed E-state index contributed by atoms with van der Waals surface area (Å²) >= 11 is 0. The van der Waals surface area contributed by atoms with Crippen LogP contribution in [0, 0.1) is 5.92 Å². The number of carbonyl (C=O) groups is 1. The molecule has 0 radical (unpaired) electrons. The van der Waals surface area contributed by atoms with Gasteiger partial charge in [-0.05, 0) is 26.2 Å². The number of nitrogens with one attached hydrogen (secondary N) is 1. The lowest BCUT2D eigenvalue weighted by Crippen LogP contribution is -2.47. The predicted octanol–water partition coefficient (Wildman–Crippen LogP) is 0.810. The predicted molar refractivity (Wildman–Crippen MR) is 79.4 cm³/mol. The minimum atomic E-state index is -3.35. The Kier molecular flexibility index (Phi) is 6.42. The summed E-state index contributed by atoms with van der Waals surface area (Å²) in [6.07, 6.45) is 3.20. The summed E-state index contributed by atoms with van der Waals surface area (Å²) < 4.78 is 26.6. The zero-order chi connectivity index (χ0) is 15.3. The van der Waals surface area contributed by atoms with Crippen molar-refractivity contribution in [1.29, 1.82) is 0 Å². The number of hydrogen-bond acceptors (Lipinski definition) is 3. The van der Waals surface area contributed by atoms with E-state index in [2.05, 4.69) is 12.2 Å². The van der Waals surface area contributed by atoms with E-state index < -0.39 is 10.2 Å². The lowest BCUT2D eigenvalue weighted by Gasteiger charge is -2.32. The highest BCUT2D eigenvalue weighted by molar-refractivity contribution is 7.86. The van der Waals surface area contributed by atoms with Gasteiger partial charge in [0, 0.05) is 39.1 Å². The first kappa shape index (κ1) is 17.4. The number of amides is 1. The molecule has 1 atom stereocenters. The normalized spacial score (nSPS) is 20.1. The second-order valence-electron chi connectivity index (χ2n) is 5.66. The van der Waals surface area contributed by atoms with E-state index in [0.29, 0.717) is 25.9 Å². The van der Waals surface area contributed by atoms with Crippen LogP contribution in [0.5, 0.6) is 0 Å². The van der Waals surface area contributed by atoms with Crippen LogP contribution in [-0.4, -0.2) is 56.2 Å². The van der Waals surface area contributed by atoms with Crippen molar-refractivity contribution in [3.05, 3.63) is 0 Å². The quantitative estimate of drug-likeness (QED) is 0.789. The summed E-state index contributed by atoms with van der Waals surface area (Å²) in [6, 6.07) is 0.191. The van der Waals surface area contributed by atoms with E-state index >= 15 is 0 Å². The Bertz CT molecular complexity index is 415. The van der Waals surface area contributed by atoms with Gasteiger partial charge >= 0.3 is 0 Å². The summed E-state index contributed by atoms with van der Waals surface area (Å²) in [4.78, 5) is 12.1. The van der Waals surface area contributed by atoms with Gasteiger partial charge in [-0.15, -0.1) is 0 Å². The van der Waals surface area contributed by atoms with Crippen LogP contribution in [-0.2, 0) is 15.0 Å². The van der Waals surface area contributed by atoms with Crippen molar-refractivity contribution >= 4 is 16.1 Å². The van der Waals surface area contributed by atoms with Gasteiger partial charge in [-0.25, -0.2) is 0 Å². The van der Waals surface area contributed by atoms with Crippen molar-refractivity contribution in [2.45, 2.75) is 45.6 Å². The molecule has 118 valence electrons. The van der Waals surface area contributed by atoms with Crippen LogP contribution in [0.1, 0.15) is 39.5 Å². The fourth-order valence-corrected chi connectivity index (χ4v) is 3.58. The molecule has 1 aliphatic rings. The molecule has 1 amide bonds. The van der Waals surface area contributed by atoms with E-state index in [1.807, 2.05) is 6.92 Å². The van der Waals surface area contributed by atoms with Crippen LogP contribution in [0.2, 0.25) is 0 Å². The summed E-state index contributed by atoms with van der Waals surface area (Å²) in [5, 5.41) is 3.01. The first-order chi connectivity index (χ1) is 9.28. The minimum absolute atomic E-state index is 0.0628. The standard InChI is InChI=1S/C13H27N3O3S/c1-5-6-11(2)14-13(17)12-7-9-16(10-8-12)20(18,19)15(3)4/h11-12H,5-10H2,1-4H3,(H,14,17)/t11-/m0/s1. The Labute approximate surface area is 122 Å². The Morgan fingerprint density at radius 1 is 1.35 bits per heavy atom. The molecule has 20 heavy (non-hydrogen) atoms. The lowest BCUT2D eigenvalue weighted by molar-refractivity contribution is -0.126. The first-order valence-electron chi connectivity index (χ1n) is 7.27. The molecular formula is C13H27N3O3S. The topological polar surface area (TPSA) is 69.7 Å². The number of rotatable bonds is 6. The van der Waals surface area contributed by atoms with E-state index in [-0.39, 0.29) is 17.9 Å². The van der Waals surface area contributed by atoms with E-state index in [0.717, 1.165) is 12.8 Å². The molecule has 0 bridgehead atoms. The third kappa shape index (κ3) is 4.43. The third-order valence-corrected chi connectivity index (χ3v) is 5.66. The molecule has 1 fully saturated rings. The lowest BCUT2D eigenvalue weighted by atomic mass is 9.96. The van der Waals surface area contributed by atoms with E-state index in [1.54, 1.807) is 0 Å². The fourth-order valence-electron chi connectivity index (χ4n) is 2.45. The van der Waals surface area contributed by atoms with Crippen molar-refractivity contribution in [2.24, 2.45) is 5.92 Å².